The molecule has 3 aliphatic rings. The molecule has 2 heterocycles. The van der Waals surface area contributed by atoms with Crippen molar-refractivity contribution < 1.29 is 4.74 Å². The van der Waals surface area contributed by atoms with Crippen molar-refractivity contribution in [2.45, 2.75) is 83.0 Å². The lowest BCUT2D eigenvalue weighted by Crippen LogP contribution is -2.46. The van der Waals surface area contributed by atoms with Crippen LogP contribution in [0, 0.1) is 0 Å². The van der Waals surface area contributed by atoms with Gasteiger partial charge >= 0.3 is 0 Å². The van der Waals surface area contributed by atoms with E-state index in [2.05, 4.69) is 47.9 Å². The highest BCUT2D eigenvalue weighted by molar-refractivity contribution is 5.36. The largest absolute Gasteiger partial charge is 0.490 e. The number of piperidine rings is 1. The van der Waals surface area contributed by atoms with Crippen LogP contribution in [0.2, 0.25) is 0 Å². The lowest BCUT2D eigenvalue weighted by atomic mass is 9.89. The first-order valence-electron chi connectivity index (χ1n) is 10.5. The van der Waals surface area contributed by atoms with Crippen LogP contribution >= 0.6 is 0 Å². The second kappa shape index (κ2) is 7.67. The van der Waals surface area contributed by atoms with Crippen molar-refractivity contribution in [2.24, 2.45) is 0 Å². The zero-order chi connectivity index (χ0) is 17.2. The maximum absolute atomic E-state index is 6.53. The van der Waals surface area contributed by atoms with Crippen LogP contribution in [0.5, 0.6) is 5.75 Å². The van der Waals surface area contributed by atoms with Crippen LogP contribution in [-0.2, 0) is 0 Å². The smallest absolute Gasteiger partial charge is 0.124 e. The molecule has 1 saturated carbocycles. The van der Waals surface area contributed by atoms with E-state index in [9.17, 15) is 0 Å². The van der Waals surface area contributed by atoms with Gasteiger partial charge < -0.3 is 9.64 Å². The minimum atomic E-state index is 0.390. The van der Waals surface area contributed by atoms with Crippen molar-refractivity contribution in [1.82, 2.24) is 9.80 Å². The van der Waals surface area contributed by atoms with Gasteiger partial charge in [0.25, 0.3) is 0 Å². The summed E-state index contributed by atoms with van der Waals surface area (Å²) in [6.07, 6.45) is 9.67. The number of benzene rings is 1. The van der Waals surface area contributed by atoms with Gasteiger partial charge in [0.05, 0.1) is 0 Å². The SMILES string of the molecule is C[C@@H]1CCCN1[C@H](C)c1ccccc1OC1CCN(C2CCC2)CC1. The predicted octanol–water partition coefficient (Wildman–Crippen LogP) is 4.63. The number of para-hydroxylation sites is 1. The van der Waals surface area contributed by atoms with E-state index >= 15 is 0 Å². The van der Waals surface area contributed by atoms with E-state index in [-0.39, 0.29) is 0 Å². The Morgan fingerprint density at radius 3 is 2.36 bits per heavy atom. The molecule has 138 valence electrons. The van der Waals surface area contributed by atoms with Crippen LogP contribution in [0.15, 0.2) is 24.3 Å². The number of hydrogen-bond acceptors (Lipinski definition) is 3. The third-order valence-corrected chi connectivity index (χ3v) is 6.83. The van der Waals surface area contributed by atoms with E-state index in [0.29, 0.717) is 18.2 Å². The van der Waals surface area contributed by atoms with Gasteiger partial charge in [0.1, 0.15) is 11.9 Å². The summed E-state index contributed by atoms with van der Waals surface area (Å²) < 4.78 is 6.53. The number of hydrogen-bond donors (Lipinski definition) is 0. The molecule has 3 heteroatoms. The van der Waals surface area contributed by atoms with Gasteiger partial charge in [-0.1, -0.05) is 24.6 Å². The second-order valence-corrected chi connectivity index (χ2v) is 8.38. The Balaban J connectivity index is 1.39. The summed E-state index contributed by atoms with van der Waals surface area (Å²) in [5, 5.41) is 0. The number of nitrogens with zero attached hydrogens (tertiary/aromatic N) is 2. The molecule has 0 unspecified atom stereocenters. The van der Waals surface area contributed by atoms with E-state index in [0.717, 1.165) is 11.8 Å². The van der Waals surface area contributed by atoms with Gasteiger partial charge in [-0.25, -0.2) is 0 Å². The average molecular weight is 343 g/mol. The second-order valence-electron chi connectivity index (χ2n) is 8.38. The molecule has 2 saturated heterocycles. The van der Waals surface area contributed by atoms with Crippen molar-refractivity contribution in [3.05, 3.63) is 29.8 Å². The van der Waals surface area contributed by atoms with E-state index in [4.69, 9.17) is 4.74 Å². The zero-order valence-electron chi connectivity index (χ0n) is 16.0. The molecule has 2 atom stereocenters. The summed E-state index contributed by atoms with van der Waals surface area (Å²) in [7, 11) is 0. The summed E-state index contributed by atoms with van der Waals surface area (Å²) in [6, 6.07) is 10.8. The zero-order valence-corrected chi connectivity index (χ0v) is 16.0. The number of rotatable bonds is 5. The minimum absolute atomic E-state index is 0.390. The van der Waals surface area contributed by atoms with Crippen LogP contribution in [0.1, 0.15) is 70.4 Å². The molecule has 1 aromatic carbocycles. The fourth-order valence-electron chi connectivity index (χ4n) is 4.93. The van der Waals surface area contributed by atoms with Crippen molar-refractivity contribution >= 4 is 0 Å². The highest BCUT2D eigenvalue weighted by atomic mass is 16.5. The topological polar surface area (TPSA) is 15.7 Å². The Kier molecular flexibility index (Phi) is 5.33. The van der Waals surface area contributed by atoms with Crippen molar-refractivity contribution in [1.29, 1.82) is 0 Å². The summed E-state index contributed by atoms with van der Waals surface area (Å²) in [5.41, 5.74) is 1.37. The predicted molar refractivity (Wildman–Crippen MR) is 103 cm³/mol. The first-order chi connectivity index (χ1) is 12.2. The van der Waals surface area contributed by atoms with Crippen LogP contribution in [0.25, 0.3) is 0 Å². The van der Waals surface area contributed by atoms with Gasteiger partial charge in [-0.15, -0.1) is 0 Å². The fraction of sp³-hybridized carbons (Fsp3) is 0.727. The molecular weight excluding hydrogens is 308 g/mol. The Labute approximate surface area is 153 Å². The maximum atomic E-state index is 6.53. The third-order valence-electron chi connectivity index (χ3n) is 6.83. The number of likely N-dealkylation sites (tertiary alicyclic amines) is 2. The molecule has 0 bridgehead atoms. The molecule has 0 spiro atoms. The molecule has 0 aromatic heterocycles. The Morgan fingerprint density at radius 2 is 1.72 bits per heavy atom. The van der Waals surface area contributed by atoms with Gasteiger partial charge in [0, 0.05) is 36.8 Å². The quantitative estimate of drug-likeness (QED) is 0.776. The lowest BCUT2D eigenvalue weighted by molar-refractivity contribution is 0.0482. The summed E-state index contributed by atoms with van der Waals surface area (Å²) in [5.74, 6) is 1.12. The van der Waals surface area contributed by atoms with E-state index < -0.39 is 0 Å². The summed E-state index contributed by atoms with van der Waals surface area (Å²) >= 11 is 0. The van der Waals surface area contributed by atoms with E-state index in [1.54, 1.807) is 0 Å². The Bertz CT molecular complexity index is 563. The molecule has 4 rings (SSSR count). The molecule has 2 aliphatic heterocycles. The van der Waals surface area contributed by atoms with Crippen LogP contribution < -0.4 is 4.74 Å². The Morgan fingerprint density at radius 1 is 0.960 bits per heavy atom. The van der Waals surface area contributed by atoms with Gasteiger partial charge in [-0.2, -0.15) is 0 Å². The lowest BCUT2D eigenvalue weighted by Gasteiger charge is -2.41. The molecular formula is C22H34N2O. The molecule has 1 aliphatic carbocycles. The Hall–Kier alpha value is -1.06. The third kappa shape index (κ3) is 3.73. The highest BCUT2D eigenvalue weighted by Crippen LogP contribution is 2.35. The van der Waals surface area contributed by atoms with Gasteiger partial charge in [0.15, 0.2) is 0 Å². The van der Waals surface area contributed by atoms with Gasteiger partial charge in [0.2, 0.25) is 0 Å². The van der Waals surface area contributed by atoms with E-state index in [1.165, 1.54) is 70.1 Å². The molecule has 0 radical (unpaired) electrons. The van der Waals surface area contributed by atoms with Crippen molar-refractivity contribution in [3.8, 4) is 5.75 Å². The molecule has 3 nitrogen and oxygen atoms in total. The number of ether oxygens (including phenoxy) is 1. The summed E-state index contributed by atoms with van der Waals surface area (Å²) in [4.78, 5) is 5.34. The average Bonchev–Trinajstić information content (AvgIpc) is 3.01. The van der Waals surface area contributed by atoms with Crippen molar-refractivity contribution in [2.75, 3.05) is 19.6 Å². The maximum Gasteiger partial charge on any atom is 0.124 e. The normalized spacial score (nSPS) is 28.0. The fourth-order valence-corrected chi connectivity index (χ4v) is 4.93. The molecule has 3 fully saturated rings. The van der Waals surface area contributed by atoms with Crippen LogP contribution in [0.3, 0.4) is 0 Å². The van der Waals surface area contributed by atoms with E-state index in [1.807, 2.05) is 0 Å². The van der Waals surface area contributed by atoms with Crippen LogP contribution in [0.4, 0.5) is 0 Å². The summed E-state index contributed by atoms with van der Waals surface area (Å²) in [6.45, 7) is 8.37. The molecule has 25 heavy (non-hydrogen) atoms. The van der Waals surface area contributed by atoms with Crippen LogP contribution in [-0.4, -0.2) is 47.6 Å². The first kappa shape index (κ1) is 17.4. The first-order valence-corrected chi connectivity index (χ1v) is 10.5. The minimum Gasteiger partial charge on any atom is -0.490 e. The van der Waals surface area contributed by atoms with Gasteiger partial charge in [-0.05, 0) is 65.0 Å². The van der Waals surface area contributed by atoms with Gasteiger partial charge in [-0.3, -0.25) is 4.90 Å². The molecule has 0 N–H and O–H groups in total. The molecule has 0 amide bonds. The highest BCUT2D eigenvalue weighted by Gasteiger charge is 2.31. The standard InChI is InChI=1S/C22H34N2O/c1-17-7-6-14-24(17)18(2)21-10-3-4-11-22(21)25-20-12-15-23(16-13-20)19-8-5-9-19/h3-4,10-11,17-20H,5-9,12-16H2,1-2H3/t17-,18-/m1/s1. The van der Waals surface area contributed by atoms with Crippen molar-refractivity contribution in [3.63, 3.8) is 0 Å². The monoisotopic (exact) mass is 342 g/mol. The molecule has 1 aromatic rings.